The van der Waals surface area contributed by atoms with Crippen LogP contribution in [0, 0.1) is 15.9 Å². The topological polar surface area (TPSA) is 98.3 Å². The van der Waals surface area contributed by atoms with Gasteiger partial charge >= 0.3 is 11.7 Å². The van der Waals surface area contributed by atoms with Crippen molar-refractivity contribution >= 4 is 23.3 Å². The van der Waals surface area contributed by atoms with Crippen LogP contribution in [0.25, 0.3) is 0 Å². The van der Waals surface area contributed by atoms with Gasteiger partial charge in [0.05, 0.1) is 16.5 Å². The summed E-state index contributed by atoms with van der Waals surface area (Å²) in [5, 5.41) is 23.1. The largest absolute Gasteiger partial charge is 0.476 e. The van der Waals surface area contributed by atoms with Gasteiger partial charge in [-0.3, -0.25) is 14.8 Å². The molecule has 0 radical (unpaired) electrons. The summed E-state index contributed by atoms with van der Waals surface area (Å²) in [5.74, 6) is -2.08. The molecule has 104 valence electrons. The van der Waals surface area contributed by atoms with E-state index in [2.05, 4.69) is 5.10 Å². The number of halogens is 2. The molecule has 0 amide bonds. The van der Waals surface area contributed by atoms with Gasteiger partial charge in [-0.1, -0.05) is 17.7 Å². The fraction of sp³-hybridized carbons (Fsp3) is 0.0909. The zero-order valence-electron chi connectivity index (χ0n) is 9.79. The Morgan fingerprint density at radius 1 is 1.55 bits per heavy atom. The molecule has 20 heavy (non-hydrogen) atoms. The number of hydrogen-bond acceptors (Lipinski definition) is 4. The van der Waals surface area contributed by atoms with Crippen LogP contribution in [-0.2, 0) is 6.54 Å². The average molecular weight is 300 g/mol. The summed E-state index contributed by atoms with van der Waals surface area (Å²) < 4.78 is 14.1. The molecule has 0 saturated carbocycles. The van der Waals surface area contributed by atoms with E-state index in [1.54, 1.807) is 0 Å². The monoisotopic (exact) mass is 299 g/mol. The first-order chi connectivity index (χ1) is 9.38. The molecular formula is C11H7ClFN3O4. The number of aromatic nitrogens is 2. The molecule has 0 aliphatic heterocycles. The fourth-order valence-corrected chi connectivity index (χ4v) is 1.81. The molecule has 2 rings (SSSR count). The number of nitro groups is 1. The van der Waals surface area contributed by atoms with Gasteiger partial charge in [0.1, 0.15) is 12.0 Å². The van der Waals surface area contributed by atoms with E-state index in [0.29, 0.717) is 5.56 Å². The molecule has 0 unspecified atom stereocenters. The van der Waals surface area contributed by atoms with Gasteiger partial charge in [-0.2, -0.15) is 5.10 Å². The molecule has 0 aliphatic carbocycles. The summed E-state index contributed by atoms with van der Waals surface area (Å²) >= 11 is 5.61. The van der Waals surface area contributed by atoms with Gasteiger partial charge in [-0.05, 0) is 17.7 Å². The Morgan fingerprint density at radius 3 is 2.75 bits per heavy atom. The lowest BCUT2D eigenvalue weighted by Gasteiger charge is -2.02. The normalized spacial score (nSPS) is 10.5. The van der Waals surface area contributed by atoms with Gasteiger partial charge in [-0.25, -0.2) is 9.18 Å². The fourth-order valence-electron chi connectivity index (χ4n) is 1.60. The third-order valence-corrected chi connectivity index (χ3v) is 2.76. The van der Waals surface area contributed by atoms with Gasteiger partial charge < -0.3 is 5.11 Å². The SMILES string of the molecule is O=C(O)c1nn(Cc2ccc(F)c(Cl)c2)cc1[N+](=O)[O-]. The second-order valence-electron chi connectivity index (χ2n) is 3.87. The van der Waals surface area contributed by atoms with Crippen LogP contribution in [0.3, 0.4) is 0 Å². The number of carboxylic acids is 1. The van der Waals surface area contributed by atoms with Crippen LogP contribution in [-0.4, -0.2) is 25.8 Å². The predicted molar refractivity (Wildman–Crippen MR) is 66.4 cm³/mol. The third kappa shape index (κ3) is 2.75. The molecule has 7 nitrogen and oxygen atoms in total. The molecule has 0 bridgehead atoms. The van der Waals surface area contributed by atoms with Gasteiger partial charge in [0.15, 0.2) is 0 Å². The lowest BCUT2D eigenvalue weighted by atomic mass is 10.2. The highest BCUT2D eigenvalue weighted by Crippen LogP contribution is 2.20. The number of nitrogens with zero attached hydrogens (tertiary/aromatic N) is 3. The minimum atomic E-state index is -1.49. The second-order valence-corrected chi connectivity index (χ2v) is 4.28. The minimum Gasteiger partial charge on any atom is -0.476 e. The van der Waals surface area contributed by atoms with Crippen LogP contribution >= 0.6 is 11.6 Å². The first kappa shape index (κ1) is 13.9. The van der Waals surface area contributed by atoms with Crippen LogP contribution in [0.2, 0.25) is 5.02 Å². The lowest BCUT2D eigenvalue weighted by molar-refractivity contribution is -0.385. The zero-order valence-corrected chi connectivity index (χ0v) is 10.5. The average Bonchev–Trinajstić information content (AvgIpc) is 2.78. The smallest absolute Gasteiger partial charge is 0.363 e. The number of benzene rings is 1. The maximum atomic E-state index is 13.0. The van der Waals surface area contributed by atoms with Crippen molar-refractivity contribution in [2.24, 2.45) is 0 Å². The van der Waals surface area contributed by atoms with Gasteiger partial charge in [0.2, 0.25) is 5.69 Å². The standard InChI is InChI=1S/C11H7ClFN3O4/c12-7-3-6(1-2-8(7)13)4-15-5-9(16(19)20)10(14-15)11(17)18/h1-3,5H,4H2,(H,17,18). The predicted octanol–water partition coefficient (Wildman–Crippen LogP) is 2.33. The number of rotatable bonds is 4. The summed E-state index contributed by atoms with van der Waals surface area (Å²) in [6.45, 7) is 0.0358. The third-order valence-electron chi connectivity index (χ3n) is 2.47. The van der Waals surface area contributed by atoms with Crippen molar-refractivity contribution in [1.29, 1.82) is 0 Å². The molecule has 0 saturated heterocycles. The molecule has 2 aromatic rings. The molecule has 0 fully saturated rings. The number of hydrogen-bond donors (Lipinski definition) is 1. The van der Waals surface area contributed by atoms with Crippen molar-refractivity contribution < 1.29 is 19.2 Å². The van der Waals surface area contributed by atoms with Crippen LogP contribution in [0.15, 0.2) is 24.4 Å². The highest BCUT2D eigenvalue weighted by Gasteiger charge is 2.25. The van der Waals surface area contributed by atoms with E-state index >= 15 is 0 Å². The van der Waals surface area contributed by atoms with Gasteiger partial charge in [0.25, 0.3) is 0 Å². The van der Waals surface area contributed by atoms with Crippen LogP contribution in [0.5, 0.6) is 0 Å². The van der Waals surface area contributed by atoms with Crippen molar-refractivity contribution in [2.45, 2.75) is 6.54 Å². The maximum Gasteiger partial charge on any atom is 0.363 e. The molecule has 0 aliphatic rings. The van der Waals surface area contributed by atoms with E-state index in [1.165, 1.54) is 12.1 Å². The molecule has 1 aromatic carbocycles. The number of carbonyl (C=O) groups is 1. The number of aromatic carboxylic acids is 1. The molecule has 0 spiro atoms. The van der Waals surface area contributed by atoms with Gasteiger partial charge in [-0.15, -0.1) is 0 Å². The van der Waals surface area contributed by atoms with Crippen LogP contribution in [0.1, 0.15) is 16.1 Å². The molecule has 0 atom stereocenters. The highest BCUT2D eigenvalue weighted by atomic mass is 35.5. The number of carboxylic acid groups (broad SMARTS) is 1. The maximum absolute atomic E-state index is 13.0. The summed E-state index contributed by atoms with van der Waals surface area (Å²) in [6, 6.07) is 3.91. The Kier molecular flexibility index (Phi) is 3.66. The Balaban J connectivity index is 2.34. The zero-order chi connectivity index (χ0) is 14.9. The summed E-state index contributed by atoms with van der Waals surface area (Å²) in [6.07, 6.45) is 1.00. The van der Waals surface area contributed by atoms with Crippen molar-refractivity contribution in [2.75, 3.05) is 0 Å². The second kappa shape index (κ2) is 5.25. The molecule has 1 aromatic heterocycles. The minimum absolute atomic E-state index is 0.0358. The van der Waals surface area contributed by atoms with Gasteiger partial charge in [0, 0.05) is 0 Å². The molecule has 9 heteroatoms. The Bertz CT molecular complexity index is 669. The van der Waals surface area contributed by atoms with Crippen molar-refractivity contribution in [3.05, 3.63) is 56.6 Å². The Labute approximate surface area is 116 Å². The van der Waals surface area contributed by atoms with Crippen molar-refractivity contribution in [3.63, 3.8) is 0 Å². The summed E-state index contributed by atoms with van der Waals surface area (Å²) in [5.41, 5.74) is -0.723. The summed E-state index contributed by atoms with van der Waals surface area (Å²) in [4.78, 5) is 20.7. The van der Waals surface area contributed by atoms with E-state index in [-0.39, 0.29) is 11.6 Å². The van der Waals surface area contributed by atoms with E-state index in [1.807, 2.05) is 0 Å². The van der Waals surface area contributed by atoms with Crippen molar-refractivity contribution in [1.82, 2.24) is 9.78 Å². The first-order valence-corrected chi connectivity index (χ1v) is 5.65. The van der Waals surface area contributed by atoms with E-state index in [9.17, 15) is 19.3 Å². The Morgan fingerprint density at radius 2 is 2.25 bits per heavy atom. The quantitative estimate of drug-likeness (QED) is 0.690. The van der Waals surface area contributed by atoms with E-state index in [4.69, 9.17) is 16.7 Å². The lowest BCUT2D eigenvalue weighted by Crippen LogP contribution is -2.04. The molecule has 1 N–H and O–H groups in total. The highest BCUT2D eigenvalue weighted by molar-refractivity contribution is 6.30. The summed E-state index contributed by atoms with van der Waals surface area (Å²) in [7, 11) is 0. The molecular weight excluding hydrogens is 293 g/mol. The molecule has 1 heterocycles. The van der Waals surface area contributed by atoms with Crippen molar-refractivity contribution in [3.8, 4) is 0 Å². The Hall–Kier alpha value is -2.48. The van der Waals surface area contributed by atoms with Crippen LogP contribution < -0.4 is 0 Å². The van der Waals surface area contributed by atoms with Crippen LogP contribution in [0.4, 0.5) is 10.1 Å². The van der Waals surface area contributed by atoms with E-state index < -0.39 is 28.1 Å². The van der Waals surface area contributed by atoms with E-state index in [0.717, 1.165) is 16.9 Å². The first-order valence-electron chi connectivity index (χ1n) is 5.27.